The molecule has 1 aromatic carbocycles. The Labute approximate surface area is 269 Å². The molecule has 1 N–H and O–H groups in total. The summed E-state index contributed by atoms with van der Waals surface area (Å²) >= 11 is 0. The van der Waals surface area contributed by atoms with Gasteiger partial charge >= 0.3 is 12.1 Å². The fraction of sp³-hybridized carbons (Fsp3) is 0.771. The van der Waals surface area contributed by atoms with Gasteiger partial charge in [-0.15, -0.1) is 0 Å². The Kier molecular flexibility index (Phi) is 14.4. The van der Waals surface area contributed by atoms with E-state index in [1.165, 1.54) is 58.5 Å². The van der Waals surface area contributed by atoms with Crippen LogP contribution in [0.15, 0.2) is 24.3 Å². The van der Waals surface area contributed by atoms with E-state index in [1.807, 2.05) is 13.8 Å². The normalized spacial score (nSPS) is 25.3. The summed E-state index contributed by atoms with van der Waals surface area (Å²) in [6.45, 7) is 9.04. The van der Waals surface area contributed by atoms with E-state index >= 15 is 0 Å². The van der Waals surface area contributed by atoms with Crippen LogP contribution >= 0.6 is 0 Å². The fourth-order valence-corrected chi connectivity index (χ4v) is 6.46. The van der Waals surface area contributed by atoms with Crippen molar-refractivity contribution in [1.29, 1.82) is 0 Å². The third-order valence-corrected chi connectivity index (χ3v) is 8.87. The summed E-state index contributed by atoms with van der Waals surface area (Å²) in [6, 6.07) is 7.07. The number of amides is 1. The SMILES string of the molecule is CCCCCCCCCCO[C@@H]1[C@H]2OC(C)(C)O[C@H]2O[C@@H]1[C@@H](CN1CCCCCC1)OC(=O)Nc1ccc(CC(=O)OC)cc1. The predicted molar refractivity (Wildman–Crippen MR) is 172 cm³/mol. The number of ether oxygens (including phenoxy) is 6. The molecule has 0 aromatic heterocycles. The van der Waals surface area contributed by atoms with Gasteiger partial charge in [0.1, 0.15) is 24.4 Å². The summed E-state index contributed by atoms with van der Waals surface area (Å²) in [7, 11) is 1.36. The third-order valence-electron chi connectivity index (χ3n) is 8.87. The van der Waals surface area contributed by atoms with E-state index in [1.54, 1.807) is 24.3 Å². The average molecular weight is 633 g/mol. The molecule has 45 heavy (non-hydrogen) atoms. The van der Waals surface area contributed by atoms with Crippen molar-refractivity contribution >= 4 is 17.7 Å². The molecule has 1 amide bonds. The summed E-state index contributed by atoms with van der Waals surface area (Å²) in [6.07, 6.45) is 11.4. The maximum atomic E-state index is 13.3. The van der Waals surface area contributed by atoms with Gasteiger partial charge in [0.05, 0.1) is 13.5 Å². The van der Waals surface area contributed by atoms with Crippen LogP contribution in [0.4, 0.5) is 10.5 Å². The summed E-state index contributed by atoms with van der Waals surface area (Å²) < 4.78 is 36.3. The van der Waals surface area contributed by atoms with Crippen molar-refractivity contribution in [2.75, 3.05) is 38.7 Å². The number of anilines is 1. The van der Waals surface area contributed by atoms with Crippen molar-refractivity contribution < 1.29 is 38.0 Å². The third kappa shape index (κ3) is 11.5. The Morgan fingerprint density at radius 3 is 2.29 bits per heavy atom. The van der Waals surface area contributed by atoms with E-state index < -0.39 is 42.6 Å². The first-order valence-electron chi connectivity index (χ1n) is 17.3. The van der Waals surface area contributed by atoms with E-state index in [4.69, 9.17) is 28.4 Å². The van der Waals surface area contributed by atoms with Crippen LogP contribution in [0.3, 0.4) is 0 Å². The molecule has 4 rings (SSSR count). The minimum absolute atomic E-state index is 0.168. The number of unbranched alkanes of at least 4 members (excludes halogenated alkanes) is 7. The van der Waals surface area contributed by atoms with Crippen LogP contribution in [0.25, 0.3) is 0 Å². The summed E-state index contributed by atoms with van der Waals surface area (Å²) in [4.78, 5) is 27.3. The van der Waals surface area contributed by atoms with Crippen molar-refractivity contribution in [3.05, 3.63) is 29.8 Å². The Morgan fingerprint density at radius 2 is 1.62 bits per heavy atom. The van der Waals surface area contributed by atoms with Gasteiger partial charge in [-0.2, -0.15) is 0 Å². The molecule has 3 heterocycles. The molecule has 3 aliphatic rings. The van der Waals surface area contributed by atoms with Crippen molar-refractivity contribution in [1.82, 2.24) is 4.90 Å². The van der Waals surface area contributed by atoms with Crippen LogP contribution < -0.4 is 5.32 Å². The first-order chi connectivity index (χ1) is 21.8. The van der Waals surface area contributed by atoms with E-state index in [9.17, 15) is 9.59 Å². The number of fused-ring (bicyclic) bond motifs is 1. The molecule has 3 saturated heterocycles. The van der Waals surface area contributed by atoms with Crippen molar-refractivity contribution in [3.8, 4) is 0 Å². The van der Waals surface area contributed by atoms with Gasteiger partial charge in [0.2, 0.25) is 0 Å². The van der Waals surface area contributed by atoms with Gasteiger partial charge < -0.3 is 28.4 Å². The molecule has 3 aliphatic heterocycles. The quantitative estimate of drug-likeness (QED) is 0.150. The summed E-state index contributed by atoms with van der Waals surface area (Å²) in [5.41, 5.74) is 1.37. The maximum Gasteiger partial charge on any atom is 0.412 e. The molecule has 254 valence electrons. The Bertz CT molecular complexity index is 1030. The van der Waals surface area contributed by atoms with Crippen LogP contribution in [-0.2, 0) is 39.6 Å². The van der Waals surface area contributed by atoms with E-state index in [-0.39, 0.29) is 12.4 Å². The highest BCUT2D eigenvalue weighted by atomic mass is 16.8. The molecular formula is C35H56N2O8. The number of esters is 1. The van der Waals surface area contributed by atoms with E-state index in [2.05, 4.69) is 17.1 Å². The number of likely N-dealkylation sites (tertiary alicyclic amines) is 1. The average Bonchev–Trinajstić information content (AvgIpc) is 3.34. The predicted octanol–water partition coefficient (Wildman–Crippen LogP) is 6.60. The summed E-state index contributed by atoms with van der Waals surface area (Å²) in [5, 5.41) is 2.85. The maximum absolute atomic E-state index is 13.3. The molecule has 0 bridgehead atoms. The van der Waals surface area contributed by atoms with Gasteiger partial charge in [-0.25, -0.2) is 4.79 Å². The molecule has 1 aromatic rings. The van der Waals surface area contributed by atoms with Crippen LogP contribution in [-0.4, -0.2) is 86.8 Å². The van der Waals surface area contributed by atoms with E-state index in [0.29, 0.717) is 18.8 Å². The number of rotatable bonds is 17. The number of carbonyl (C=O) groups is 2. The highest BCUT2D eigenvalue weighted by Gasteiger charge is 2.58. The van der Waals surface area contributed by atoms with Crippen molar-refractivity contribution in [3.63, 3.8) is 0 Å². The van der Waals surface area contributed by atoms with Crippen LogP contribution in [0, 0.1) is 0 Å². The van der Waals surface area contributed by atoms with Gasteiger partial charge in [-0.3, -0.25) is 15.0 Å². The van der Waals surface area contributed by atoms with Crippen LogP contribution in [0.1, 0.15) is 103 Å². The van der Waals surface area contributed by atoms with Gasteiger partial charge in [0.25, 0.3) is 0 Å². The Balaban J connectivity index is 1.41. The number of hydrogen-bond donors (Lipinski definition) is 1. The molecule has 10 nitrogen and oxygen atoms in total. The van der Waals surface area contributed by atoms with E-state index in [0.717, 1.165) is 44.3 Å². The number of carbonyl (C=O) groups excluding carboxylic acids is 2. The zero-order valence-corrected chi connectivity index (χ0v) is 27.9. The Hall–Kier alpha value is -2.24. The monoisotopic (exact) mass is 632 g/mol. The smallest absolute Gasteiger partial charge is 0.412 e. The standard InChI is InChI=1S/C35H56N2O8/c1-5-6-7-8-9-10-13-16-23-41-31-30(43-33-32(31)44-35(2,3)45-33)28(25-37-21-14-11-12-15-22-37)42-34(39)36-27-19-17-26(18-20-27)24-29(38)40-4/h17-20,28,30-33H,5-16,21-25H2,1-4H3,(H,36,39)/t28-,30-,31+,32-,33-/m1/s1. The van der Waals surface area contributed by atoms with Crippen LogP contribution in [0.5, 0.6) is 0 Å². The summed E-state index contributed by atoms with van der Waals surface area (Å²) in [5.74, 6) is -1.10. The molecular weight excluding hydrogens is 576 g/mol. The lowest BCUT2D eigenvalue weighted by Gasteiger charge is -2.33. The first kappa shape index (κ1) is 35.6. The van der Waals surface area contributed by atoms with Gasteiger partial charge in [0, 0.05) is 18.8 Å². The minimum atomic E-state index is -0.779. The lowest BCUT2D eigenvalue weighted by molar-refractivity contribution is -0.230. The second kappa shape index (κ2) is 18.2. The fourth-order valence-electron chi connectivity index (χ4n) is 6.46. The highest BCUT2D eigenvalue weighted by Crippen LogP contribution is 2.40. The number of nitrogens with one attached hydrogen (secondary N) is 1. The van der Waals surface area contributed by atoms with Crippen molar-refractivity contribution in [2.45, 2.75) is 141 Å². The molecule has 0 radical (unpaired) electrons. The molecule has 0 aliphatic carbocycles. The topological polar surface area (TPSA) is 105 Å². The van der Waals surface area contributed by atoms with Gasteiger partial charge in [-0.05, 0) is 63.9 Å². The Morgan fingerprint density at radius 1 is 0.956 bits per heavy atom. The second-order valence-electron chi connectivity index (χ2n) is 13.1. The number of hydrogen-bond acceptors (Lipinski definition) is 9. The molecule has 0 spiro atoms. The van der Waals surface area contributed by atoms with Gasteiger partial charge in [-0.1, -0.05) is 76.8 Å². The largest absolute Gasteiger partial charge is 0.469 e. The van der Waals surface area contributed by atoms with Crippen LogP contribution in [0.2, 0.25) is 0 Å². The molecule has 5 atom stereocenters. The lowest BCUT2D eigenvalue weighted by atomic mass is 10.0. The molecule has 0 unspecified atom stereocenters. The highest BCUT2D eigenvalue weighted by molar-refractivity contribution is 5.84. The zero-order valence-electron chi connectivity index (χ0n) is 27.9. The molecule has 3 fully saturated rings. The van der Waals surface area contributed by atoms with Crippen molar-refractivity contribution in [2.24, 2.45) is 0 Å². The molecule has 10 heteroatoms. The second-order valence-corrected chi connectivity index (χ2v) is 13.1. The molecule has 0 saturated carbocycles. The zero-order chi connectivity index (χ0) is 32.1. The number of benzene rings is 1. The number of nitrogens with zero attached hydrogens (tertiary/aromatic N) is 1. The minimum Gasteiger partial charge on any atom is -0.469 e. The first-order valence-corrected chi connectivity index (χ1v) is 17.3. The lowest BCUT2D eigenvalue weighted by Crippen LogP contribution is -2.50. The number of methoxy groups -OCH3 is 1. The van der Waals surface area contributed by atoms with Gasteiger partial charge in [0.15, 0.2) is 12.1 Å².